The predicted octanol–water partition coefficient (Wildman–Crippen LogP) is 5.54. The lowest BCUT2D eigenvalue weighted by Crippen LogP contribution is -2.34. The lowest BCUT2D eigenvalue weighted by Gasteiger charge is -2.23. The van der Waals surface area contributed by atoms with Crippen LogP contribution < -0.4 is 15.4 Å². The summed E-state index contributed by atoms with van der Waals surface area (Å²) in [4.78, 5) is 10.4. The summed E-state index contributed by atoms with van der Waals surface area (Å²) in [6.07, 6.45) is 4.29. The predicted molar refractivity (Wildman–Crippen MR) is 124 cm³/mol. The van der Waals surface area contributed by atoms with E-state index in [9.17, 15) is 0 Å². The Labute approximate surface area is 180 Å². The molecule has 2 aromatic heterocycles. The van der Waals surface area contributed by atoms with Crippen molar-refractivity contribution in [1.29, 1.82) is 0 Å². The highest BCUT2D eigenvalue weighted by atomic mass is 32.1. The molecular formula is C24H24N4OS. The fraction of sp³-hybridized carbons (Fsp3) is 0.250. The Morgan fingerprint density at radius 3 is 2.67 bits per heavy atom. The molecule has 0 bridgehead atoms. The van der Waals surface area contributed by atoms with Gasteiger partial charge >= 0.3 is 0 Å². The van der Waals surface area contributed by atoms with Gasteiger partial charge in [-0.1, -0.05) is 18.2 Å². The quantitative estimate of drug-likeness (QED) is 0.447. The summed E-state index contributed by atoms with van der Waals surface area (Å²) in [7, 11) is 0. The van der Waals surface area contributed by atoms with E-state index >= 15 is 0 Å². The SMILES string of the molecule is Cc1cnc(Nc2ccc(OC3CCNCC3)cc2)nc1-c1cc2ccccc2s1. The topological polar surface area (TPSA) is 59.1 Å². The van der Waals surface area contributed by atoms with Gasteiger partial charge in [0.05, 0.1) is 10.6 Å². The van der Waals surface area contributed by atoms with Crippen LogP contribution in [-0.2, 0) is 0 Å². The highest BCUT2D eigenvalue weighted by Crippen LogP contribution is 2.34. The van der Waals surface area contributed by atoms with Gasteiger partial charge in [-0.15, -0.1) is 11.3 Å². The molecule has 0 amide bonds. The zero-order chi connectivity index (χ0) is 20.3. The van der Waals surface area contributed by atoms with Crippen LogP contribution in [0.5, 0.6) is 5.75 Å². The summed E-state index contributed by atoms with van der Waals surface area (Å²) >= 11 is 1.76. The molecular weight excluding hydrogens is 392 g/mol. The van der Waals surface area contributed by atoms with Gasteiger partial charge in [0.15, 0.2) is 0 Å². The number of hydrogen-bond acceptors (Lipinski definition) is 6. The number of rotatable bonds is 5. The van der Waals surface area contributed by atoms with Crippen molar-refractivity contribution in [3.05, 3.63) is 66.4 Å². The number of anilines is 2. The fourth-order valence-corrected chi connectivity index (χ4v) is 4.82. The van der Waals surface area contributed by atoms with Gasteiger partial charge in [-0.3, -0.25) is 0 Å². The third kappa shape index (κ3) is 4.15. The second kappa shape index (κ2) is 8.42. The standard InChI is InChI=1S/C24H24N4OS/c1-16-15-26-24(28-23(16)22-14-17-4-2-3-5-21(17)30-22)27-18-6-8-19(9-7-18)29-20-10-12-25-13-11-20/h2-9,14-15,20,25H,10-13H2,1H3,(H,26,27,28). The molecule has 1 saturated heterocycles. The second-order valence-corrected chi connectivity index (χ2v) is 8.67. The van der Waals surface area contributed by atoms with Gasteiger partial charge in [0, 0.05) is 16.6 Å². The minimum Gasteiger partial charge on any atom is -0.490 e. The average Bonchev–Trinajstić information content (AvgIpc) is 3.21. The highest BCUT2D eigenvalue weighted by molar-refractivity contribution is 7.22. The zero-order valence-corrected chi connectivity index (χ0v) is 17.7. The van der Waals surface area contributed by atoms with Gasteiger partial charge in [0.1, 0.15) is 11.9 Å². The van der Waals surface area contributed by atoms with Crippen molar-refractivity contribution in [2.24, 2.45) is 0 Å². The third-order valence-corrected chi connectivity index (χ3v) is 6.45. The molecule has 30 heavy (non-hydrogen) atoms. The van der Waals surface area contributed by atoms with Crippen LogP contribution in [0.15, 0.2) is 60.8 Å². The second-order valence-electron chi connectivity index (χ2n) is 7.59. The number of hydrogen-bond donors (Lipinski definition) is 2. The number of aryl methyl sites for hydroxylation is 1. The summed E-state index contributed by atoms with van der Waals surface area (Å²) < 4.78 is 7.35. The molecule has 1 aliphatic rings. The van der Waals surface area contributed by atoms with Crippen LogP contribution in [0, 0.1) is 6.92 Å². The summed E-state index contributed by atoms with van der Waals surface area (Å²) in [6, 6.07) is 18.7. The number of aromatic nitrogens is 2. The maximum absolute atomic E-state index is 6.08. The minimum absolute atomic E-state index is 0.300. The van der Waals surface area contributed by atoms with Crippen LogP contribution in [0.2, 0.25) is 0 Å². The first-order valence-electron chi connectivity index (χ1n) is 10.3. The number of benzene rings is 2. The number of nitrogens with zero attached hydrogens (tertiary/aromatic N) is 2. The molecule has 1 aliphatic heterocycles. The molecule has 4 aromatic rings. The minimum atomic E-state index is 0.300. The molecule has 1 fully saturated rings. The van der Waals surface area contributed by atoms with Gasteiger partial charge in [-0.2, -0.15) is 0 Å². The lowest BCUT2D eigenvalue weighted by atomic mass is 10.1. The van der Waals surface area contributed by atoms with Crippen molar-refractivity contribution in [2.75, 3.05) is 18.4 Å². The van der Waals surface area contributed by atoms with Crippen molar-refractivity contribution in [3.63, 3.8) is 0 Å². The van der Waals surface area contributed by atoms with Crippen molar-refractivity contribution >= 4 is 33.1 Å². The molecule has 5 rings (SSSR count). The number of thiophene rings is 1. The maximum atomic E-state index is 6.08. The van der Waals surface area contributed by atoms with Crippen LogP contribution >= 0.6 is 11.3 Å². The summed E-state index contributed by atoms with van der Waals surface area (Å²) in [5.41, 5.74) is 2.98. The molecule has 152 valence electrons. The Kier molecular flexibility index (Phi) is 5.34. The molecule has 0 aliphatic carbocycles. The van der Waals surface area contributed by atoms with Crippen molar-refractivity contribution < 1.29 is 4.74 Å². The Morgan fingerprint density at radius 1 is 1.07 bits per heavy atom. The van der Waals surface area contributed by atoms with Gasteiger partial charge < -0.3 is 15.4 Å². The van der Waals surface area contributed by atoms with Gasteiger partial charge in [-0.05, 0) is 80.2 Å². The first-order chi connectivity index (χ1) is 14.7. The van der Waals surface area contributed by atoms with E-state index in [-0.39, 0.29) is 0 Å². The first kappa shape index (κ1) is 19.0. The van der Waals surface area contributed by atoms with Crippen LogP contribution in [0.1, 0.15) is 18.4 Å². The normalized spacial score (nSPS) is 14.7. The summed E-state index contributed by atoms with van der Waals surface area (Å²) in [5, 5.41) is 7.93. The van der Waals surface area contributed by atoms with E-state index in [0.717, 1.165) is 53.5 Å². The zero-order valence-electron chi connectivity index (χ0n) is 16.9. The summed E-state index contributed by atoms with van der Waals surface area (Å²) in [5.74, 6) is 1.50. The molecule has 2 aromatic carbocycles. The molecule has 3 heterocycles. The van der Waals surface area contributed by atoms with E-state index in [1.807, 2.05) is 30.5 Å². The van der Waals surface area contributed by atoms with E-state index in [1.165, 1.54) is 10.1 Å². The van der Waals surface area contributed by atoms with E-state index < -0.39 is 0 Å². The van der Waals surface area contributed by atoms with Gasteiger partial charge in [0.2, 0.25) is 5.95 Å². The molecule has 0 atom stereocenters. The molecule has 6 heteroatoms. The van der Waals surface area contributed by atoms with Gasteiger partial charge in [0.25, 0.3) is 0 Å². The monoisotopic (exact) mass is 416 g/mol. The van der Waals surface area contributed by atoms with Crippen molar-refractivity contribution in [1.82, 2.24) is 15.3 Å². The van der Waals surface area contributed by atoms with Crippen LogP contribution in [0.25, 0.3) is 20.7 Å². The number of fused-ring (bicyclic) bond motifs is 1. The van der Waals surface area contributed by atoms with Crippen LogP contribution in [0.4, 0.5) is 11.6 Å². The van der Waals surface area contributed by atoms with Gasteiger partial charge in [-0.25, -0.2) is 9.97 Å². The van der Waals surface area contributed by atoms with E-state index in [4.69, 9.17) is 9.72 Å². The summed E-state index contributed by atoms with van der Waals surface area (Å²) in [6.45, 7) is 4.10. The smallest absolute Gasteiger partial charge is 0.227 e. The highest BCUT2D eigenvalue weighted by Gasteiger charge is 2.14. The lowest BCUT2D eigenvalue weighted by molar-refractivity contribution is 0.162. The molecule has 0 unspecified atom stereocenters. The number of nitrogens with one attached hydrogen (secondary N) is 2. The number of ether oxygens (including phenoxy) is 1. The Hall–Kier alpha value is -2.96. The molecule has 5 nitrogen and oxygen atoms in total. The van der Waals surface area contributed by atoms with E-state index in [1.54, 1.807) is 11.3 Å². The van der Waals surface area contributed by atoms with Crippen molar-refractivity contribution in [2.45, 2.75) is 25.9 Å². The van der Waals surface area contributed by atoms with E-state index in [2.05, 4.69) is 52.9 Å². The Balaban J connectivity index is 1.33. The van der Waals surface area contributed by atoms with Crippen LogP contribution in [0.3, 0.4) is 0 Å². The fourth-order valence-electron chi connectivity index (χ4n) is 3.70. The Bertz CT molecular complexity index is 1120. The first-order valence-corrected chi connectivity index (χ1v) is 11.1. The largest absolute Gasteiger partial charge is 0.490 e. The molecule has 2 N–H and O–H groups in total. The average molecular weight is 417 g/mol. The molecule has 0 radical (unpaired) electrons. The van der Waals surface area contributed by atoms with E-state index in [0.29, 0.717) is 12.1 Å². The van der Waals surface area contributed by atoms with Crippen molar-refractivity contribution in [3.8, 4) is 16.3 Å². The van der Waals surface area contributed by atoms with Crippen LogP contribution in [-0.4, -0.2) is 29.2 Å². The third-order valence-electron chi connectivity index (χ3n) is 5.33. The molecule has 0 spiro atoms. The Morgan fingerprint density at radius 2 is 1.87 bits per heavy atom. The molecule has 0 saturated carbocycles. The maximum Gasteiger partial charge on any atom is 0.227 e. The number of piperidine rings is 1.